The summed E-state index contributed by atoms with van der Waals surface area (Å²) in [6.45, 7) is 0. The van der Waals surface area contributed by atoms with Gasteiger partial charge >= 0.3 is 6.18 Å². The van der Waals surface area contributed by atoms with Crippen LogP contribution in [0, 0.1) is 0 Å². The minimum absolute atomic E-state index is 0.00526. The minimum Gasteiger partial charge on any atom is -0.349 e. The molecule has 0 saturated heterocycles. The lowest BCUT2D eigenvalue weighted by atomic mass is 10.2. The normalized spacial score (nSPS) is 17.4. The van der Waals surface area contributed by atoms with E-state index in [4.69, 9.17) is 0 Å². The number of amides is 1. The van der Waals surface area contributed by atoms with Crippen molar-refractivity contribution in [3.8, 4) is 0 Å². The fraction of sp³-hybridized carbons (Fsp3) is 0.600. The summed E-state index contributed by atoms with van der Waals surface area (Å²) in [6, 6.07) is 0.00526. The number of hydrogen-bond donors (Lipinski definition) is 1. The van der Waals surface area contributed by atoms with Crippen molar-refractivity contribution >= 4 is 17.2 Å². The highest BCUT2D eigenvalue weighted by molar-refractivity contribution is 7.11. The van der Waals surface area contributed by atoms with Crippen LogP contribution in [0.4, 0.5) is 13.2 Å². The highest BCUT2D eigenvalue weighted by Crippen LogP contribution is 2.32. The van der Waals surface area contributed by atoms with Crippen molar-refractivity contribution in [1.29, 1.82) is 0 Å². The Labute approximate surface area is 100 Å². The van der Waals surface area contributed by atoms with E-state index in [9.17, 15) is 18.0 Å². The number of carbonyl (C=O) groups is 1. The molecule has 2 rings (SSSR count). The third kappa shape index (κ3) is 2.77. The number of halogens is 3. The fourth-order valence-corrected chi connectivity index (χ4v) is 2.64. The van der Waals surface area contributed by atoms with Crippen LogP contribution in [0.2, 0.25) is 0 Å². The van der Waals surface area contributed by atoms with Crippen LogP contribution in [0.3, 0.4) is 0 Å². The second-order valence-electron chi connectivity index (χ2n) is 3.98. The van der Waals surface area contributed by atoms with Gasteiger partial charge in [0.25, 0.3) is 5.91 Å². The molecule has 94 valence electrons. The molecule has 1 aromatic heterocycles. The van der Waals surface area contributed by atoms with Crippen LogP contribution < -0.4 is 5.32 Å². The molecule has 3 nitrogen and oxygen atoms in total. The van der Waals surface area contributed by atoms with Crippen LogP contribution in [0.15, 0.2) is 5.51 Å². The predicted octanol–water partition coefficient (Wildman–Crippen LogP) is 2.83. The number of alkyl halides is 3. The molecular formula is C10H11F3N2OS. The molecule has 1 N–H and O–H groups in total. The predicted molar refractivity (Wildman–Crippen MR) is 56.8 cm³/mol. The molecule has 1 aliphatic carbocycles. The molecule has 0 atom stereocenters. The van der Waals surface area contributed by atoms with Crippen molar-refractivity contribution in [1.82, 2.24) is 10.3 Å². The number of thiazole rings is 1. The van der Waals surface area contributed by atoms with Crippen molar-refractivity contribution in [2.45, 2.75) is 37.9 Å². The van der Waals surface area contributed by atoms with Gasteiger partial charge in [0, 0.05) is 6.04 Å². The summed E-state index contributed by atoms with van der Waals surface area (Å²) in [5.41, 5.74) is -0.0372. The molecule has 0 spiro atoms. The van der Waals surface area contributed by atoms with Crippen LogP contribution >= 0.6 is 11.3 Å². The van der Waals surface area contributed by atoms with Gasteiger partial charge in [-0.25, -0.2) is 4.98 Å². The average Bonchev–Trinajstić information content (AvgIpc) is 2.85. The number of nitrogens with zero attached hydrogens (tertiary/aromatic N) is 1. The SMILES string of the molecule is O=C(NC1CCCC1)c1scnc1C(F)(F)F. The maximum atomic E-state index is 12.5. The van der Waals surface area contributed by atoms with Crippen molar-refractivity contribution in [2.24, 2.45) is 0 Å². The van der Waals surface area contributed by atoms with Gasteiger partial charge in [0.15, 0.2) is 5.69 Å². The average molecular weight is 264 g/mol. The van der Waals surface area contributed by atoms with Gasteiger partial charge in [0.2, 0.25) is 0 Å². The van der Waals surface area contributed by atoms with Crippen LogP contribution in [0.25, 0.3) is 0 Å². The van der Waals surface area contributed by atoms with Crippen molar-refractivity contribution in [2.75, 3.05) is 0 Å². The van der Waals surface area contributed by atoms with Gasteiger partial charge in [0.1, 0.15) is 4.88 Å². The molecule has 0 aromatic carbocycles. The molecule has 1 saturated carbocycles. The first-order chi connectivity index (χ1) is 7.98. The monoisotopic (exact) mass is 264 g/mol. The molecule has 7 heteroatoms. The van der Waals surface area contributed by atoms with Crippen LogP contribution in [-0.4, -0.2) is 16.9 Å². The van der Waals surface area contributed by atoms with E-state index < -0.39 is 17.8 Å². The van der Waals surface area contributed by atoms with Gasteiger partial charge in [-0.15, -0.1) is 11.3 Å². The lowest BCUT2D eigenvalue weighted by molar-refractivity contribution is -0.141. The highest BCUT2D eigenvalue weighted by atomic mass is 32.1. The molecular weight excluding hydrogens is 253 g/mol. The van der Waals surface area contributed by atoms with Gasteiger partial charge in [0.05, 0.1) is 5.51 Å². The Morgan fingerprint density at radius 2 is 2.06 bits per heavy atom. The number of aromatic nitrogens is 1. The van der Waals surface area contributed by atoms with E-state index in [2.05, 4.69) is 10.3 Å². The Morgan fingerprint density at radius 3 is 2.65 bits per heavy atom. The lowest BCUT2D eigenvalue weighted by Crippen LogP contribution is -2.33. The Kier molecular flexibility index (Phi) is 3.37. The first-order valence-electron chi connectivity index (χ1n) is 5.30. The quantitative estimate of drug-likeness (QED) is 0.892. The molecule has 0 radical (unpaired) electrons. The Hall–Kier alpha value is -1.11. The van der Waals surface area contributed by atoms with E-state index in [1.54, 1.807) is 0 Å². The number of hydrogen-bond acceptors (Lipinski definition) is 3. The highest BCUT2D eigenvalue weighted by Gasteiger charge is 2.38. The molecule has 1 amide bonds. The van der Waals surface area contributed by atoms with Crippen molar-refractivity contribution in [3.63, 3.8) is 0 Å². The zero-order chi connectivity index (χ0) is 12.5. The van der Waals surface area contributed by atoms with Gasteiger partial charge in [-0.05, 0) is 12.8 Å². The molecule has 1 heterocycles. The summed E-state index contributed by atoms with van der Waals surface area (Å²) < 4.78 is 37.6. The maximum Gasteiger partial charge on any atom is 0.434 e. The van der Waals surface area contributed by atoms with E-state index in [-0.39, 0.29) is 10.9 Å². The van der Waals surface area contributed by atoms with Gasteiger partial charge < -0.3 is 5.32 Å². The third-order valence-corrected chi connectivity index (χ3v) is 3.56. The van der Waals surface area contributed by atoms with Crippen LogP contribution in [0.5, 0.6) is 0 Å². The largest absolute Gasteiger partial charge is 0.434 e. The van der Waals surface area contributed by atoms with E-state index in [0.717, 1.165) is 42.5 Å². The second kappa shape index (κ2) is 4.64. The molecule has 17 heavy (non-hydrogen) atoms. The number of rotatable bonds is 2. The summed E-state index contributed by atoms with van der Waals surface area (Å²) in [6.07, 6.45) is -0.861. The zero-order valence-corrected chi connectivity index (χ0v) is 9.70. The van der Waals surface area contributed by atoms with Crippen molar-refractivity contribution in [3.05, 3.63) is 16.1 Å². The van der Waals surface area contributed by atoms with E-state index >= 15 is 0 Å². The van der Waals surface area contributed by atoms with Crippen molar-refractivity contribution < 1.29 is 18.0 Å². The van der Waals surface area contributed by atoms with E-state index in [1.165, 1.54) is 0 Å². The fourth-order valence-electron chi connectivity index (χ4n) is 1.93. The van der Waals surface area contributed by atoms with Gasteiger partial charge in [-0.1, -0.05) is 12.8 Å². The topological polar surface area (TPSA) is 42.0 Å². The van der Waals surface area contributed by atoms with Crippen LogP contribution in [0.1, 0.15) is 41.0 Å². The Balaban J connectivity index is 2.11. The summed E-state index contributed by atoms with van der Waals surface area (Å²) in [4.78, 5) is 14.6. The molecule has 1 aliphatic rings. The Morgan fingerprint density at radius 1 is 1.41 bits per heavy atom. The second-order valence-corrected chi connectivity index (χ2v) is 4.84. The van der Waals surface area contributed by atoms with E-state index in [0.29, 0.717) is 0 Å². The smallest absolute Gasteiger partial charge is 0.349 e. The maximum absolute atomic E-state index is 12.5. The molecule has 1 aromatic rings. The Bertz CT molecular complexity index is 410. The molecule has 0 aliphatic heterocycles. The first kappa shape index (κ1) is 12.3. The summed E-state index contributed by atoms with van der Waals surface area (Å²) in [7, 11) is 0. The third-order valence-electron chi connectivity index (χ3n) is 2.73. The number of nitrogens with one attached hydrogen (secondary N) is 1. The van der Waals surface area contributed by atoms with E-state index in [1.807, 2.05) is 0 Å². The van der Waals surface area contributed by atoms with Crippen LogP contribution in [-0.2, 0) is 6.18 Å². The molecule has 0 unspecified atom stereocenters. The first-order valence-corrected chi connectivity index (χ1v) is 6.18. The summed E-state index contributed by atoms with van der Waals surface area (Å²) >= 11 is 0.725. The number of carbonyl (C=O) groups excluding carboxylic acids is 1. The standard InChI is InChI=1S/C10H11F3N2OS/c11-10(12,13)8-7(17-5-14-8)9(16)15-6-3-1-2-4-6/h5-6H,1-4H2,(H,15,16). The molecule has 1 fully saturated rings. The van der Waals surface area contributed by atoms with Gasteiger partial charge in [-0.2, -0.15) is 13.2 Å². The summed E-state index contributed by atoms with van der Waals surface area (Å²) in [5, 5.41) is 2.63. The lowest BCUT2D eigenvalue weighted by Gasteiger charge is -2.12. The minimum atomic E-state index is -4.57. The molecule has 0 bridgehead atoms. The summed E-state index contributed by atoms with van der Waals surface area (Å²) in [5.74, 6) is -0.660. The van der Waals surface area contributed by atoms with Gasteiger partial charge in [-0.3, -0.25) is 4.79 Å². The zero-order valence-electron chi connectivity index (χ0n) is 8.88.